The van der Waals surface area contributed by atoms with Crippen molar-refractivity contribution in [1.29, 1.82) is 0 Å². The first-order chi connectivity index (χ1) is 8.16. The van der Waals surface area contributed by atoms with Crippen LogP contribution in [0.15, 0.2) is 12.1 Å². The first kappa shape index (κ1) is 14.2. The molecular formula is C12H14BF2IO2. The van der Waals surface area contributed by atoms with Crippen LogP contribution in [0.5, 0.6) is 0 Å². The van der Waals surface area contributed by atoms with Gasteiger partial charge in [-0.2, -0.15) is 0 Å². The number of rotatable bonds is 1. The van der Waals surface area contributed by atoms with Gasteiger partial charge in [-0.05, 0) is 62.4 Å². The maximum Gasteiger partial charge on any atom is 0.500 e. The Hall–Kier alpha value is -0.205. The molecule has 0 N–H and O–H groups in total. The molecule has 0 aromatic heterocycles. The van der Waals surface area contributed by atoms with Gasteiger partial charge < -0.3 is 9.31 Å². The first-order valence-electron chi connectivity index (χ1n) is 5.65. The summed E-state index contributed by atoms with van der Waals surface area (Å²) in [5.74, 6) is -1.26. The summed E-state index contributed by atoms with van der Waals surface area (Å²) in [7, 11) is -1.01. The average molecular weight is 366 g/mol. The van der Waals surface area contributed by atoms with Gasteiger partial charge in [-0.15, -0.1) is 0 Å². The van der Waals surface area contributed by atoms with Crippen LogP contribution in [0, 0.1) is 15.2 Å². The zero-order chi connectivity index (χ0) is 13.7. The van der Waals surface area contributed by atoms with E-state index >= 15 is 0 Å². The monoisotopic (exact) mass is 366 g/mol. The summed E-state index contributed by atoms with van der Waals surface area (Å²) in [6.07, 6.45) is 0. The Morgan fingerprint density at radius 3 is 2.06 bits per heavy atom. The minimum Gasteiger partial charge on any atom is -0.399 e. The second-order valence-corrected chi connectivity index (χ2v) is 6.51. The van der Waals surface area contributed by atoms with Crippen molar-refractivity contribution in [3.8, 4) is 0 Å². The van der Waals surface area contributed by atoms with Gasteiger partial charge in [-0.25, -0.2) is 8.78 Å². The fourth-order valence-corrected chi connectivity index (χ4v) is 2.19. The summed E-state index contributed by atoms with van der Waals surface area (Å²) in [6, 6.07) is 2.62. The molecule has 1 aliphatic heterocycles. The molecule has 0 bridgehead atoms. The molecule has 0 atom stereocenters. The molecule has 1 saturated heterocycles. The van der Waals surface area contributed by atoms with Crippen LogP contribution in [0.2, 0.25) is 0 Å². The lowest BCUT2D eigenvalue weighted by atomic mass is 9.78. The predicted octanol–water partition coefficient (Wildman–Crippen LogP) is 2.87. The summed E-state index contributed by atoms with van der Waals surface area (Å²) >= 11 is 1.82. The summed E-state index contributed by atoms with van der Waals surface area (Å²) in [4.78, 5) is 0. The third-order valence-corrected chi connectivity index (χ3v) is 4.40. The Balaban J connectivity index is 2.44. The predicted molar refractivity (Wildman–Crippen MR) is 74.8 cm³/mol. The molecular weight excluding hydrogens is 352 g/mol. The van der Waals surface area contributed by atoms with Crippen molar-refractivity contribution in [1.82, 2.24) is 0 Å². The Bertz CT molecular complexity index is 475. The summed E-state index contributed by atoms with van der Waals surface area (Å²) in [5.41, 5.74) is -1.38. The highest BCUT2D eigenvalue weighted by Crippen LogP contribution is 2.37. The lowest BCUT2D eigenvalue weighted by Gasteiger charge is -2.32. The van der Waals surface area contributed by atoms with Gasteiger partial charge in [0.15, 0.2) is 0 Å². The molecule has 6 heteroatoms. The molecule has 0 amide bonds. The quantitative estimate of drug-likeness (QED) is 0.433. The normalized spacial score (nSPS) is 21.4. The van der Waals surface area contributed by atoms with E-state index in [0.29, 0.717) is 3.57 Å². The van der Waals surface area contributed by atoms with Gasteiger partial charge in [0.1, 0.15) is 11.6 Å². The maximum atomic E-state index is 14.0. The maximum absolute atomic E-state index is 14.0. The van der Waals surface area contributed by atoms with Crippen molar-refractivity contribution in [3.05, 3.63) is 27.3 Å². The van der Waals surface area contributed by atoms with Crippen molar-refractivity contribution in [2.24, 2.45) is 0 Å². The Kier molecular flexibility index (Phi) is 3.49. The second-order valence-electron chi connectivity index (χ2n) is 5.35. The molecule has 0 aliphatic carbocycles. The van der Waals surface area contributed by atoms with Crippen molar-refractivity contribution in [2.45, 2.75) is 38.9 Å². The summed E-state index contributed by atoms with van der Waals surface area (Å²) in [6.45, 7) is 7.38. The standard InChI is InChI=1S/C12H14BF2IO2/c1-11(2)12(3,4)18-13(17-11)9-7(14)5-6-8(16)10(9)15/h5-6H,1-4H3. The van der Waals surface area contributed by atoms with Crippen LogP contribution in [0.1, 0.15) is 27.7 Å². The van der Waals surface area contributed by atoms with Crippen LogP contribution in [0.3, 0.4) is 0 Å². The molecule has 0 saturated carbocycles. The number of hydrogen-bond donors (Lipinski definition) is 0. The van der Waals surface area contributed by atoms with Crippen LogP contribution in [-0.4, -0.2) is 18.3 Å². The van der Waals surface area contributed by atoms with E-state index in [4.69, 9.17) is 9.31 Å². The molecule has 1 fully saturated rings. The highest BCUT2D eigenvalue weighted by molar-refractivity contribution is 14.1. The lowest BCUT2D eigenvalue weighted by molar-refractivity contribution is 0.00578. The second kappa shape index (κ2) is 4.42. The average Bonchev–Trinajstić information content (AvgIpc) is 2.43. The molecule has 1 aliphatic rings. The molecule has 1 aromatic rings. The third-order valence-electron chi connectivity index (χ3n) is 3.57. The molecule has 2 nitrogen and oxygen atoms in total. The number of halogens is 3. The summed E-state index contributed by atoms with van der Waals surface area (Å²) in [5, 5.41) is 0. The Morgan fingerprint density at radius 2 is 1.56 bits per heavy atom. The van der Waals surface area contributed by atoms with Crippen LogP contribution in [-0.2, 0) is 9.31 Å². The van der Waals surface area contributed by atoms with Gasteiger partial charge in [0, 0.05) is 3.57 Å². The van der Waals surface area contributed by atoms with E-state index < -0.39 is 30.0 Å². The Labute approximate surface area is 119 Å². The zero-order valence-electron chi connectivity index (χ0n) is 10.7. The molecule has 18 heavy (non-hydrogen) atoms. The molecule has 0 spiro atoms. The molecule has 0 radical (unpaired) electrons. The SMILES string of the molecule is CC1(C)OB(c2c(F)ccc(I)c2F)OC1(C)C. The topological polar surface area (TPSA) is 18.5 Å². The third kappa shape index (κ3) is 2.18. The van der Waals surface area contributed by atoms with Gasteiger partial charge in [-0.3, -0.25) is 0 Å². The highest BCUT2D eigenvalue weighted by atomic mass is 127. The minimum absolute atomic E-state index is 0.152. The van der Waals surface area contributed by atoms with Crippen LogP contribution in [0.4, 0.5) is 8.78 Å². The van der Waals surface area contributed by atoms with E-state index in [1.807, 2.05) is 50.3 Å². The number of hydrogen-bond acceptors (Lipinski definition) is 2. The largest absolute Gasteiger partial charge is 0.500 e. The minimum atomic E-state index is -1.01. The van der Waals surface area contributed by atoms with Crippen molar-refractivity contribution < 1.29 is 18.1 Å². The molecule has 1 heterocycles. The zero-order valence-corrected chi connectivity index (χ0v) is 12.8. The van der Waals surface area contributed by atoms with Gasteiger partial charge in [0.25, 0.3) is 0 Å². The van der Waals surface area contributed by atoms with Crippen LogP contribution >= 0.6 is 22.6 Å². The van der Waals surface area contributed by atoms with Crippen molar-refractivity contribution in [2.75, 3.05) is 0 Å². The van der Waals surface area contributed by atoms with Gasteiger partial charge >= 0.3 is 7.12 Å². The molecule has 0 unspecified atom stereocenters. The van der Waals surface area contributed by atoms with Crippen LogP contribution in [0.25, 0.3) is 0 Å². The van der Waals surface area contributed by atoms with Crippen LogP contribution < -0.4 is 5.46 Å². The van der Waals surface area contributed by atoms with E-state index in [1.54, 1.807) is 0 Å². The fourth-order valence-electron chi connectivity index (χ4n) is 1.72. The molecule has 98 valence electrons. The number of benzene rings is 1. The van der Waals surface area contributed by atoms with E-state index in [9.17, 15) is 8.78 Å². The summed E-state index contributed by atoms with van der Waals surface area (Å²) < 4.78 is 39.5. The Morgan fingerprint density at radius 1 is 1.06 bits per heavy atom. The van der Waals surface area contributed by atoms with Gasteiger partial charge in [0.05, 0.1) is 16.7 Å². The van der Waals surface area contributed by atoms with Crippen molar-refractivity contribution >= 4 is 35.2 Å². The van der Waals surface area contributed by atoms with E-state index in [-0.39, 0.29) is 5.46 Å². The highest BCUT2D eigenvalue weighted by Gasteiger charge is 2.53. The van der Waals surface area contributed by atoms with E-state index in [2.05, 4.69) is 0 Å². The van der Waals surface area contributed by atoms with Gasteiger partial charge in [-0.1, -0.05) is 0 Å². The fraction of sp³-hybridized carbons (Fsp3) is 0.500. The lowest BCUT2D eigenvalue weighted by Crippen LogP contribution is -2.41. The first-order valence-corrected chi connectivity index (χ1v) is 6.72. The van der Waals surface area contributed by atoms with E-state index in [0.717, 1.165) is 0 Å². The molecule has 1 aromatic carbocycles. The molecule has 2 rings (SSSR count). The van der Waals surface area contributed by atoms with E-state index in [1.165, 1.54) is 12.1 Å². The van der Waals surface area contributed by atoms with Gasteiger partial charge in [0.2, 0.25) is 0 Å². The smallest absolute Gasteiger partial charge is 0.399 e. The van der Waals surface area contributed by atoms with Crippen molar-refractivity contribution in [3.63, 3.8) is 0 Å².